The summed E-state index contributed by atoms with van der Waals surface area (Å²) in [4.78, 5) is 15.2. The Bertz CT molecular complexity index is 602. The summed E-state index contributed by atoms with van der Waals surface area (Å²) in [5.41, 5.74) is 6.08. The van der Waals surface area contributed by atoms with Crippen molar-refractivity contribution in [1.82, 2.24) is 4.98 Å². The molecule has 2 rings (SSSR count). The lowest BCUT2D eigenvalue weighted by atomic mass is 9.95. The van der Waals surface area contributed by atoms with Gasteiger partial charge in [-0.2, -0.15) is 0 Å². The van der Waals surface area contributed by atoms with Crippen LogP contribution < -0.4 is 0 Å². The number of pyridine rings is 1. The molecular formula is C17H19NO. The standard InChI is InChI=1S/C17H19NO/c1-12-8-9-18-11-17(12)16-7-6-15(10-13(16)2)5-4-14(3)19/h6-11H,4-5H2,1-3H3. The van der Waals surface area contributed by atoms with E-state index in [1.165, 1.54) is 27.8 Å². The molecule has 0 N–H and O–H groups in total. The van der Waals surface area contributed by atoms with Crippen molar-refractivity contribution in [2.45, 2.75) is 33.6 Å². The van der Waals surface area contributed by atoms with E-state index in [0.717, 1.165) is 6.42 Å². The van der Waals surface area contributed by atoms with Crippen LogP contribution in [0.4, 0.5) is 0 Å². The van der Waals surface area contributed by atoms with Gasteiger partial charge in [0.25, 0.3) is 0 Å². The molecule has 0 bridgehead atoms. The predicted molar refractivity (Wildman–Crippen MR) is 78.1 cm³/mol. The Kier molecular flexibility index (Phi) is 4.10. The molecule has 0 aliphatic carbocycles. The van der Waals surface area contributed by atoms with Crippen LogP contribution in [-0.4, -0.2) is 10.8 Å². The number of benzene rings is 1. The van der Waals surface area contributed by atoms with Crippen LogP contribution in [0.25, 0.3) is 11.1 Å². The summed E-state index contributed by atoms with van der Waals surface area (Å²) < 4.78 is 0. The van der Waals surface area contributed by atoms with Crippen LogP contribution in [0.5, 0.6) is 0 Å². The highest BCUT2D eigenvalue weighted by Crippen LogP contribution is 2.26. The molecule has 0 unspecified atom stereocenters. The number of aryl methyl sites for hydroxylation is 3. The van der Waals surface area contributed by atoms with Gasteiger partial charge in [-0.05, 0) is 55.5 Å². The van der Waals surface area contributed by atoms with E-state index < -0.39 is 0 Å². The molecule has 1 aromatic carbocycles. The van der Waals surface area contributed by atoms with Crippen molar-refractivity contribution in [3.05, 3.63) is 53.3 Å². The maximum atomic E-state index is 11.0. The molecule has 0 aliphatic heterocycles. The molecule has 0 saturated heterocycles. The predicted octanol–water partition coefficient (Wildman–Crippen LogP) is 3.89. The maximum absolute atomic E-state index is 11.0. The Morgan fingerprint density at radius 1 is 1.11 bits per heavy atom. The SMILES string of the molecule is CC(=O)CCc1ccc(-c2cnccc2C)c(C)c1. The van der Waals surface area contributed by atoms with Crippen molar-refractivity contribution in [1.29, 1.82) is 0 Å². The minimum atomic E-state index is 0.241. The highest BCUT2D eigenvalue weighted by molar-refractivity contribution is 5.76. The number of rotatable bonds is 4. The Labute approximate surface area is 114 Å². The van der Waals surface area contributed by atoms with Gasteiger partial charge < -0.3 is 4.79 Å². The number of ketones is 1. The molecule has 0 amide bonds. The summed E-state index contributed by atoms with van der Waals surface area (Å²) in [7, 11) is 0. The highest BCUT2D eigenvalue weighted by Gasteiger charge is 2.06. The zero-order valence-electron chi connectivity index (χ0n) is 11.7. The molecule has 0 spiro atoms. The first-order valence-electron chi connectivity index (χ1n) is 6.58. The first kappa shape index (κ1) is 13.5. The fourth-order valence-corrected chi connectivity index (χ4v) is 2.25. The molecule has 1 aromatic heterocycles. The van der Waals surface area contributed by atoms with E-state index in [1.807, 2.05) is 18.5 Å². The minimum Gasteiger partial charge on any atom is -0.300 e. The van der Waals surface area contributed by atoms with Crippen molar-refractivity contribution >= 4 is 5.78 Å². The van der Waals surface area contributed by atoms with Gasteiger partial charge >= 0.3 is 0 Å². The van der Waals surface area contributed by atoms with E-state index in [-0.39, 0.29) is 5.78 Å². The molecule has 0 aliphatic rings. The van der Waals surface area contributed by atoms with Crippen LogP contribution in [0.2, 0.25) is 0 Å². The van der Waals surface area contributed by atoms with Crippen molar-refractivity contribution < 1.29 is 4.79 Å². The molecule has 2 aromatic rings. The van der Waals surface area contributed by atoms with Crippen molar-refractivity contribution in [3.63, 3.8) is 0 Å². The van der Waals surface area contributed by atoms with Crippen molar-refractivity contribution in [2.24, 2.45) is 0 Å². The van der Waals surface area contributed by atoms with Crippen LogP contribution in [0.15, 0.2) is 36.7 Å². The van der Waals surface area contributed by atoms with Crippen LogP contribution in [0.3, 0.4) is 0 Å². The average Bonchev–Trinajstić information content (AvgIpc) is 2.38. The Hall–Kier alpha value is -1.96. The maximum Gasteiger partial charge on any atom is 0.130 e. The van der Waals surface area contributed by atoms with Crippen LogP contribution in [0.1, 0.15) is 30.0 Å². The summed E-state index contributed by atoms with van der Waals surface area (Å²) in [6, 6.07) is 8.44. The number of hydrogen-bond acceptors (Lipinski definition) is 2. The molecule has 98 valence electrons. The van der Waals surface area contributed by atoms with E-state index in [4.69, 9.17) is 0 Å². The second-order valence-corrected chi connectivity index (χ2v) is 5.04. The molecule has 0 fully saturated rings. The van der Waals surface area contributed by atoms with Gasteiger partial charge in [-0.1, -0.05) is 18.2 Å². The molecule has 2 nitrogen and oxygen atoms in total. The fraction of sp³-hybridized carbons (Fsp3) is 0.294. The van der Waals surface area contributed by atoms with Gasteiger partial charge in [0.05, 0.1) is 0 Å². The van der Waals surface area contributed by atoms with Gasteiger partial charge in [-0.15, -0.1) is 0 Å². The number of aromatic nitrogens is 1. The van der Waals surface area contributed by atoms with Crippen LogP contribution in [0, 0.1) is 13.8 Å². The lowest BCUT2D eigenvalue weighted by molar-refractivity contribution is -0.116. The molecule has 0 radical (unpaired) electrons. The summed E-state index contributed by atoms with van der Waals surface area (Å²) in [5.74, 6) is 0.241. The lowest BCUT2D eigenvalue weighted by Gasteiger charge is -2.10. The van der Waals surface area contributed by atoms with Gasteiger partial charge in [0.15, 0.2) is 0 Å². The summed E-state index contributed by atoms with van der Waals surface area (Å²) in [6.07, 6.45) is 5.16. The molecule has 0 atom stereocenters. The zero-order chi connectivity index (χ0) is 13.8. The summed E-state index contributed by atoms with van der Waals surface area (Å²) in [6.45, 7) is 5.85. The largest absolute Gasteiger partial charge is 0.300 e. The first-order chi connectivity index (χ1) is 9.08. The van der Waals surface area contributed by atoms with Gasteiger partial charge in [-0.3, -0.25) is 4.98 Å². The van der Waals surface area contributed by atoms with Gasteiger partial charge in [0.2, 0.25) is 0 Å². The van der Waals surface area contributed by atoms with Crippen molar-refractivity contribution in [2.75, 3.05) is 0 Å². The van der Waals surface area contributed by atoms with Gasteiger partial charge in [0.1, 0.15) is 5.78 Å². The summed E-state index contributed by atoms with van der Waals surface area (Å²) >= 11 is 0. The number of Topliss-reactive ketones (excluding diaryl/α,β-unsaturated/α-hetero) is 1. The Balaban J connectivity index is 2.30. The normalized spacial score (nSPS) is 10.5. The van der Waals surface area contributed by atoms with E-state index in [0.29, 0.717) is 6.42 Å². The Morgan fingerprint density at radius 3 is 2.53 bits per heavy atom. The van der Waals surface area contributed by atoms with Crippen LogP contribution >= 0.6 is 0 Å². The molecule has 19 heavy (non-hydrogen) atoms. The lowest BCUT2D eigenvalue weighted by Crippen LogP contribution is -1.95. The third-order valence-electron chi connectivity index (χ3n) is 3.39. The third kappa shape index (κ3) is 3.28. The molecule has 1 heterocycles. The fourth-order valence-electron chi connectivity index (χ4n) is 2.25. The van der Waals surface area contributed by atoms with E-state index >= 15 is 0 Å². The van der Waals surface area contributed by atoms with E-state index in [9.17, 15) is 4.79 Å². The van der Waals surface area contributed by atoms with Gasteiger partial charge in [-0.25, -0.2) is 0 Å². The second-order valence-electron chi connectivity index (χ2n) is 5.04. The van der Waals surface area contributed by atoms with Gasteiger partial charge in [0, 0.05) is 24.4 Å². The van der Waals surface area contributed by atoms with E-state index in [2.05, 4.69) is 37.0 Å². The van der Waals surface area contributed by atoms with Crippen LogP contribution in [-0.2, 0) is 11.2 Å². The quantitative estimate of drug-likeness (QED) is 0.827. The molecule has 2 heteroatoms. The summed E-state index contributed by atoms with van der Waals surface area (Å²) in [5, 5.41) is 0. The highest BCUT2D eigenvalue weighted by atomic mass is 16.1. The topological polar surface area (TPSA) is 30.0 Å². The third-order valence-corrected chi connectivity index (χ3v) is 3.39. The monoisotopic (exact) mass is 253 g/mol. The Morgan fingerprint density at radius 2 is 1.89 bits per heavy atom. The number of hydrogen-bond donors (Lipinski definition) is 0. The first-order valence-corrected chi connectivity index (χ1v) is 6.58. The molecular weight excluding hydrogens is 234 g/mol. The average molecular weight is 253 g/mol. The number of carbonyl (C=O) groups is 1. The minimum absolute atomic E-state index is 0.241. The van der Waals surface area contributed by atoms with Crippen molar-refractivity contribution in [3.8, 4) is 11.1 Å². The zero-order valence-corrected chi connectivity index (χ0v) is 11.7. The molecule has 0 saturated carbocycles. The number of carbonyl (C=O) groups excluding carboxylic acids is 1. The number of nitrogens with zero attached hydrogens (tertiary/aromatic N) is 1. The second kappa shape index (κ2) is 5.79. The smallest absolute Gasteiger partial charge is 0.130 e. The van der Waals surface area contributed by atoms with E-state index in [1.54, 1.807) is 6.92 Å².